The van der Waals surface area contributed by atoms with Crippen molar-refractivity contribution in [2.24, 2.45) is 0 Å². The van der Waals surface area contributed by atoms with Crippen molar-refractivity contribution in [2.45, 2.75) is 9.79 Å². The summed E-state index contributed by atoms with van der Waals surface area (Å²) in [7, 11) is -3.43. The van der Waals surface area contributed by atoms with Crippen LogP contribution in [0.1, 0.15) is 0 Å². The molecule has 1 heterocycles. The van der Waals surface area contributed by atoms with Crippen molar-refractivity contribution in [3.63, 3.8) is 0 Å². The van der Waals surface area contributed by atoms with Crippen molar-refractivity contribution < 1.29 is 8.42 Å². The molecular formula is C16H8BrO2S. The maximum absolute atomic E-state index is 12.6. The van der Waals surface area contributed by atoms with Crippen molar-refractivity contribution in [2.75, 3.05) is 0 Å². The van der Waals surface area contributed by atoms with Gasteiger partial charge in [0, 0.05) is 15.6 Å². The molecular weight excluding hydrogens is 336 g/mol. The first kappa shape index (κ1) is 12.1. The summed E-state index contributed by atoms with van der Waals surface area (Å²) in [4.78, 5) is 0.743. The average Bonchev–Trinajstić information content (AvgIpc) is 2.69. The number of fused-ring (bicyclic) bond motifs is 5. The fourth-order valence-electron chi connectivity index (χ4n) is 2.74. The highest BCUT2D eigenvalue weighted by molar-refractivity contribution is 9.10. The summed E-state index contributed by atoms with van der Waals surface area (Å²) in [6.45, 7) is 0. The Hall–Kier alpha value is -1.65. The van der Waals surface area contributed by atoms with Crippen molar-refractivity contribution >= 4 is 36.5 Å². The third-order valence-electron chi connectivity index (χ3n) is 3.60. The SMILES string of the molecule is O=S1(=O)c2ccccc2-c2c1cc(Br)c1ccc[c]c21. The molecule has 0 saturated carbocycles. The Morgan fingerprint density at radius 2 is 1.80 bits per heavy atom. The summed E-state index contributed by atoms with van der Waals surface area (Å²) in [5.41, 5.74) is 1.53. The lowest BCUT2D eigenvalue weighted by Gasteiger charge is -2.07. The number of rotatable bonds is 0. The molecule has 97 valence electrons. The minimum atomic E-state index is -3.43. The molecule has 0 spiro atoms. The number of halogens is 1. The van der Waals surface area contributed by atoms with Crippen molar-refractivity contribution in [3.8, 4) is 11.1 Å². The van der Waals surface area contributed by atoms with Crippen LogP contribution in [0.2, 0.25) is 0 Å². The van der Waals surface area contributed by atoms with Crippen molar-refractivity contribution in [1.82, 2.24) is 0 Å². The Morgan fingerprint density at radius 1 is 1.00 bits per heavy atom. The highest BCUT2D eigenvalue weighted by Gasteiger charge is 2.34. The fraction of sp³-hybridized carbons (Fsp3) is 0. The van der Waals surface area contributed by atoms with Crippen LogP contribution in [-0.4, -0.2) is 8.42 Å². The van der Waals surface area contributed by atoms with Crippen LogP contribution in [-0.2, 0) is 9.84 Å². The van der Waals surface area contributed by atoms with Gasteiger partial charge in [-0.3, -0.25) is 0 Å². The molecule has 1 aliphatic rings. The molecule has 0 fully saturated rings. The first-order valence-corrected chi connectivity index (χ1v) is 8.36. The standard InChI is InChI=1S/C16H8BrO2S/c17-13-9-15-16(11-6-2-1-5-10(11)13)12-7-3-4-8-14(12)20(15,18)19/h1-5,7-9H. The summed E-state index contributed by atoms with van der Waals surface area (Å²) in [6, 6.07) is 17.7. The second kappa shape index (κ2) is 3.93. The molecule has 3 aromatic rings. The lowest BCUT2D eigenvalue weighted by atomic mass is 9.98. The molecule has 4 rings (SSSR count). The summed E-state index contributed by atoms with van der Waals surface area (Å²) < 4.78 is 26.1. The minimum Gasteiger partial charge on any atom is -0.218 e. The van der Waals surface area contributed by atoms with Gasteiger partial charge in [0.15, 0.2) is 0 Å². The third-order valence-corrected chi connectivity index (χ3v) is 6.10. The van der Waals surface area contributed by atoms with Crippen LogP contribution in [0, 0.1) is 6.07 Å². The number of hydrogen-bond donors (Lipinski definition) is 0. The molecule has 0 aromatic heterocycles. The Kier molecular flexibility index (Phi) is 2.38. The maximum Gasteiger partial charge on any atom is 0.207 e. The molecule has 0 aliphatic carbocycles. The zero-order valence-electron chi connectivity index (χ0n) is 10.2. The van der Waals surface area contributed by atoms with Gasteiger partial charge in [0.1, 0.15) is 0 Å². The van der Waals surface area contributed by atoms with Crippen LogP contribution in [0.4, 0.5) is 0 Å². The minimum absolute atomic E-state index is 0.362. The van der Waals surface area contributed by atoms with E-state index in [0.29, 0.717) is 9.79 Å². The van der Waals surface area contributed by atoms with Crippen LogP contribution in [0.25, 0.3) is 21.9 Å². The summed E-state index contributed by atoms with van der Waals surface area (Å²) in [5, 5.41) is 1.81. The molecule has 1 radical (unpaired) electrons. The van der Waals surface area contributed by atoms with Gasteiger partial charge in [0.2, 0.25) is 9.84 Å². The predicted molar refractivity (Wildman–Crippen MR) is 81.4 cm³/mol. The van der Waals surface area contributed by atoms with Crippen molar-refractivity contribution in [1.29, 1.82) is 0 Å². The van der Waals surface area contributed by atoms with E-state index in [1.807, 2.05) is 30.3 Å². The van der Waals surface area contributed by atoms with Gasteiger partial charge in [-0.15, -0.1) is 0 Å². The van der Waals surface area contributed by atoms with Gasteiger partial charge in [-0.2, -0.15) is 0 Å². The number of sulfone groups is 1. The highest BCUT2D eigenvalue weighted by Crippen LogP contribution is 2.48. The van der Waals surface area contributed by atoms with Gasteiger partial charge in [0.25, 0.3) is 0 Å². The van der Waals surface area contributed by atoms with E-state index in [0.717, 1.165) is 26.4 Å². The van der Waals surface area contributed by atoms with E-state index in [4.69, 9.17) is 0 Å². The first-order chi connectivity index (χ1) is 9.60. The van der Waals surface area contributed by atoms with E-state index in [9.17, 15) is 8.42 Å². The topological polar surface area (TPSA) is 34.1 Å². The lowest BCUT2D eigenvalue weighted by molar-refractivity contribution is 0.598. The Morgan fingerprint density at radius 3 is 2.65 bits per heavy atom. The highest BCUT2D eigenvalue weighted by atomic mass is 79.9. The third kappa shape index (κ3) is 1.41. The Balaban J connectivity index is 2.31. The maximum atomic E-state index is 12.6. The number of benzene rings is 3. The van der Waals surface area contributed by atoms with Gasteiger partial charge in [0.05, 0.1) is 9.79 Å². The summed E-state index contributed by atoms with van der Waals surface area (Å²) >= 11 is 3.46. The second-order valence-corrected chi connectivity index (χ2v) is 7.43. The van der Waals surface area contributed by atoms with E-state index in [-0.39, 0.29) is 0 Å². The summed E-state index contributed by atoms with van der Waals surface area (Å²) in [6.07, 6.45) is 0. The van der Waals surface area contributed by atoms with Crippen LogP contribution in [0.5, 0.6) is 0 Å². The van der Waals surface area contributed by atoms with E-state index in [2.05, 4.69) is 22.0 Å². The van der Waals surface area contributed by atoms with Gasteiger partial charge in [-0.05, 0) is 29.0 Å². The quantitative estimate of drug-likeness (QED) is 0.479. The van der Waals surface area contributed by atoms with Crippen LogP contribution in [0.15, 0.2) is 62.8 Å². The predicted octanol–water partition coefficient (Wildman–Crippen LogP) is 4.22. The fourth-order valence-corrected chi connectivity index (χ4v) is 5.16. The summed E-state index contributed by atoms with van der Waals surface area (Å²) in [5.74, 6) is 0. The monoisotopic (exact) mass is 343 g/mol. The molecule has 0 unspecified atom stereocenters. The molecule has 0 atom stereocenters. The molecule has 3 aromatic carbocycles. The Bertz CT molecular complexity index is 975. The molecule has 4 heteroatoms. The van der Waals surface area contributed by atoms with Gasteiger partial charge >= 0.3 is 0 Å². The van der Waals surface area contributed by atoms with Crippen LogP contribution < -0.4 is 0 Å². The Labute approximate surface area is 125 Å². The van der Waals surface area contributed by atoms with Crippen LogP contribution >= 0.6 is 15.9 Å². The second-order valence-electron chi connectivity index (χ2n) is 4.69. The smallest absolute Gasteiger partial charge is 0.207 e. The number of hydrogen-bond acceptors (Lipinski definition) is 2. The van der Waals surface area contributed by atoms with E-state index >= 15 is 0 Å². The molecule has 2 nitrogen and oxygen atoms in total. The molecule has 0 N–H and O–H groups in total. The van der Waals surface area contributed by atoms with Crippen molar-refractivity contribution in [3.05, 3.63) is 59.1 Å². The average molecular weight is 344 g/mol. The largest absolute Gasteiger partial charge is 0.218 e. The molecule has 20 heavy (non-hydrogen) atoms. The van der Waals surface area contributed by atoms with E-state index in [1.54, 1.807) is 18.2 Å². The molecule has 0 bridgehead atoms. The van der Waals surface area contributed by atoms with E-state index < -0.39 is 9.84 Å². The molecule has 1 aliphatic heterocycles. The zero-order valence-corrected chi connectivity index (χ0v) is 12.6. The van der Waals surface area contributed by atoms with E-state index in [1.165, 1.54) is 0 Å². The van der Waals surface area contributed by atoms with Gasteiger partial charge in [-0.25, -0.2) is 8.42 Å². The van der Waals surface area contributed by atoms with Crippen LogP contribution in [0.3, 0.4) is 0 Å². The van der Waals surface area contributed by atoms with Gasteiger partial charge in [-0.1, -0.05) is 52.3 Å². The zero-order chi connectivity index (χ0) is 13.9. The normalized spacial score (nSPS) is 15.1. The van der Waals surface area contributed by atoms with Gasteiger partial charge < -0.3 is 0 Å². The lowest BCUT2D eigenvalue weighted by Crippen LogP contribution is -1.96. The molecule has 0 saturated heterocycles. The molecule has 0 amide bonds. The first-order valence-electron chi connectivity index (χ1n) is 6.08.